The summed E-state index contributed by atoms with van der Waals surface area (Å²) in [6, 6.07) is 13.8. The van der Waals surface area contributed by atoms with E-state index in [0.29, 0.717) is 17.1 Å². The van der Waals surface area contributed by atoms with E-state index in [1.807, 2.05) is 0 Å². The molecule has 5 nitrogen and oxygen atoms in total. The number of anilines is 2. The lowest BCUT2D eigenvalue weighted by molar-refractivity contribution is 0.199. The van der Waals surface area contributed by atoms with E-state index in [1.54, 1.807) is 62.6 Å². The van der Waals surface area contributed by atoms with Gasteiger partial charge in [0, 0.05) is 17.4 Å². The number of urea groups is 1. The molecule has 0 aliphatic carbocycles. The van der Waals surface area contributed by atoms with Crippen molar-refractivity contribution in [2.75, 3.05) is 17.7 Å². The van der Waals surface area contributed by atoms with Crippen molar-refractivity contribution in [3.63, 3.8) is 0 Å². The third-order valence-electron chi connectivity index (χ3n) is 2.95. The van der Waals surface area contributed by atoms with Crippen LogP contribution in [0.5, 0.6) is 5.75 Å². The van der Waals surface area contributed by atoms with Crippen molar-refractivity contribution in [3.8, 4) is 5.75 Å². The summed E-state index contributed by atoms with van der Waals surface area (Å²) in [7, 11) is 1.57. The Hall–Kier alpha value is -2.53. The van der Waals surface area contributed by atoms with Gasteiger partial charge in [0.25, 0.3) is 0 Å². The second-order valence-electron chi connectivity index (χ2n) is 4.61. The number of amides is 2. The second-order valence-corrected chi connectivity index (χ2v) is 4.61. The maximum atomic E-state index is 11.9. The van der Waals surface area contributed by atoms with Gasteiger partial charge in [-0.25, -0.2) is 4.79 Å². The molecule has 5 heteroatoms. The van der Waals surface area contributed by atoms with Crippen molar-refractivity contribution in [2.45, 2.75) is 13.0 Å². The Morgan fingerprint density at radius 2 is 1.71 bits per heavy atom. The van der Waals surface area contributed by atoms with Crippen LogP contribution in [0, 0.1) is 0 Å². The molecule has 1 unspecified atom stereocenters. The quantitative estimate of drug-likeness (QED) is 0.806. The van der Waals surface area contributed by atoms with Gasteiger partial charge in [0.05, 0.1) is 13.2 Å². The van der Waals surface area contributed by atoms with Crippen LogP contribution in [0.2, 0.25) is 0 Å². The van der Waals surface area contributed by atoms with E-state index in [2.05, 4.69) is 10.6 Å². The van der Waals surface area contributed by atoms with Crippen LogP contribution in [0.4, 0.5) is 16.2 Å². The Morgan fingerprint density at radius 1 is 1.10 bits per heavy atom. The van der Waals surface area contributed by atoms with Crippen molar-refractivity contribution >= 4 is 17.4 Å². The van der Waals surface area contributed by atoms with Crippen LogP contribution in [-0.4, -0.2) is 18.2 Å². The van der Waals surface area contributed by atoms with Crippen molar-refractivity contribution in [2.24, 2.45) is 0 Å². The van der Waals surface area contributed by atoms with Crippen molar-refractivity contribution in [1.82, 2.24) is 0 Å². The van der Waals surface area contributed by atoms with Crippen LogP contribution >= 0.6 is 0 Å². The highest BCUT2D eigenvalue weighted by molar-refractivity contribution is 5.99. The Labute approximate surface area is 123 Å². The molecule has 110 valence electrons. The average molecular weight is 286 g/mol. The molecule has 2 amide bonds. The van der Waals surface area contributed by atoms with Gasteiger partial charge in [0.2, 0.25) is 0 Å². The zero-order valence-electron chi connectivity index (χ0n) is 12.0. The summed E-state index contributed by atoms with van der Waals surface area (Å²) >= 11 is 0. The number of aliphatic hydroxyl groups excluding tert-OH is 1. The monoisotopic (exact) mass is 286 g/mol. The van der Waals surface area contributed by atoms with Gasteiger partial charge < -0.3 is 20.5 Å². The van der Waals surface area contributed by atoms with Crippen LogP contribution < -0.4 is 15.4 Å². The van der Waals surface area contributed by atoms with Gasteiger partial charge in [-0.05, 0) is 36.8 Å². The Bertz CT molecular complexity index is 626. The molecule has 0 heterocycles. The largest absolute Gasteiger partial charge is 0.497 e. The zero-order chi connectivity index (χ0) is 15.2. The fourth-order valence-electron chi connectivity index (χ4n) is 1.87. The summed E-state index contributed by atoms with van der Waals surface area (Å²) in [5, 5.41) is 15.0. The SMILES string of the molecule is COc1cccc(NC(=O)Nc2cccc(C(C)O)c2)c1. The number of nitrogens with one attached hydrogen (secondary N) is 2. The number of carbonyl (C=O) groups excluding carboxylic acids is 1. The minimum atomic E-state index is -0.576. The van der Waals surface area contributed by atoms with E-state index in [9.17, 15) is 9.90 Å². The Balaban J connectivity index is 2.02. The van der Waals surface area contributed by atoms with Crippen LogP contribution in [0.3, 0.4) is 0 Å². The Kier molecular flexibility index (Phi) is 4.79. The fourth-order valence-corrected chi connectivity index (χ4v) is 1.87. The number of ether oxygens (including phenoxy) is 1. The molecule has 0 saturated carbocycles. The lowest BCUT2D eigenvalue weighted by Gasteiger charge is -2.10. The minimum absolute atomic E-state index is 0.356. The Morgan fingerprint density at radius 3 is 2.33 bits per heavy atom. The lowest BCUT2D eigenvalue weighted by Crippen LogP contribution is -2.19. The number of benzene rings is 2. The highest BCUT2D eigenvalue weighted by atomic mass is 16.5. The summed E-state index contributed by atoms with van der Waals surface area (Å²) < 4.78 is 5.10. The predicted molar refractivity (Wildman–Crippen MR) is 82.7 cm³/mol. The molecule has 2 aromatic carbocycles. The molecule has 2 rings (SSSR count). The highest BCUT2D eigenvalue weighted by Gasteiger charge is 2.06. The third kappa shape index (κ3) is 4.22. The molecular weight excluding hydrogens is 268 g/mol. The number of methoxy groups -OCH3 is 1. The molecule has 0 spiro atoms. The van der Waals surface area contributed by atoms with Crippen molar-refractivity contribution in [3.05, 3.63) is 54.1 Å². The third-order valence-corrected chi connectivity index (χ3v) is 2.95. The van der Waals surface area contributed by atoms with Gasteiger partial charge in [0.15, 0.2) is 0 Å². The maximum Gasteiger partial charge on any atom is 0.323 e. The molecular formula is C16H18N2O3. The second kappa shape index (κ2) is 6.76. The first-order valence-corrected chi connectivity index (χ1v) is 6.58. The van der Waals surface area contributed by atoms with E-state index in [4.69, 9.17) is 4.74 Å². The van der Waals surface area contributed by atoms with E-state index < -0.39 is 6.10 Å². The molecule has 0 aromatic heterocycles. The van der Waals surface area contributed by atoms with E-state index in [-0.39, 0.29) is 6.03 Å². The van der Waals surface area contributed by atoms with E-state index in [0.717, 1.165) is 5.56 Å². The molecule has 3 N–H and O–H groups in total. The first-order chi connectivity index (χ1) is 10.1. The molecule has 1 atom stereocenters. The predicted octanol–water partition coefficient (Wildman–Crippen LogP) is 3.39. The van der Waals surface area contributed by atoms with E-state index >= 15 is 0 Å². The van der Waals surface area contributed by atoms with Gasteiger partial charge in [-0.15, -0.1) is 0 Å². The number of hydrogen-bond donors (Lipinski definition) is 3. The van der Waals surface area contributed by atoms with Gasteiger partial charge in [0.1, 0.15) is 5.75 Å². The summed E-state index contributed by atoms with van der Waals surface area (Å²) in [5.41, 5.74) is 2.00. The van der Waals surface area contributed by atoms with Gasteiger partial charge in [-0.2, -0.15) is 0 Å². The van der Waals surface area contributed by atoms with Crippen LogP contribution in [0.15, 0.2) is 48.5 Å². The van der Waals surface area contributed by atoms with Crippen molar-refractivity contribution < 1.29 is 14.6 Å². The van der Waals surface area contributed by atoms with Crippen molar-refractivity contribution in [1.29, 1.82) is 0 Å². The minimum Gasteiger partial charge on any atom is -0.497 e. The zero-order valence-corrected chi connectivity index (χ0v) is 12.0. The summed E-state index contributed by atoms with van der Waals surface area (Å²) in [6.45, 7) is 1.68. The lowest BCUT2D eigenvalue weighted by atomic mass is 10.1. The molecule has 0 fully saturated rings. The standard InChI is InChI=1S/C16H18N2O3/c1-11(19)12-5-3-6-13(9-12)17-16(20)18-14-7-4-8-15(10-14)21-2/h3-11,19H,1-2H3,(H2,17,18,20). The molecule has 0 radical (unpaired) electrons. The number of hydrogen-bond acceptors (Lipinski definition) is 3. The first-order valence-electron chi connectivity index (χ1n) is 6.58. The molecule has 21 heavy (non-hydrogen) atoms. The van der Waals surface area contributed by atoms with E-state index in [1.165, 1.54) is 0 Å². The average Bonchev–Trinajstić information content (AvgIpc) is 2.47. The molecule has 0 bridgehead atoms. The molecule has 2 aromatic rings. The fraction of sp³-hybridized carbons (Fsp3) is 0.188. The maximum absolute atomic E-state index is 11.9. The number of carbonyl (C=O) groups is 1. The summed E-state index contributed by atoms with van der Waals surface area (Å²) in [4.78, 5) is 11.9. The highest BCUT2D eigenvalue weighted by Crippen LogP contribution is 2.19. The molecule has 0 saturated heterocycles. The topological polar surface area (TPSA) is 70.6 Å². The van der Waals surface area contributed by atoms with Gasteiger partial charge >= 0.3 is 6.03 Å². The summed E-state index contributed by atoms with van der Waals surface area (Å²) in [5.74, 6) is 0.670. The first kappa shape index (κ1) is 14.9. The normalized spacial score (nSPS) is 11.6. The number of rotatable bonds is 4. The van der Waals surface area contributed by atoms with Crippen LogP contribution in [-0.2, 0) is 0 Å². The number of aliphatic hydroxyl groups is 1. The smallest absolute Gasteiger partial charge is 0.323 e. The van der Waals surface area contributed by atoms with Crippen LogP contribution in [0.1, 0.15) is 18.6 Å². The summed E-state index contributed by atoms with van der Waals surface area (Å²) in [6.07, 6.45) is -0.576. The van der Waals surface area contributed by atoms with Crippen LogP contribution in [0.25, 0.3) is 0 Å². The molecule has 0 aliphatic heterocycles. The molecule has 0 aliphatic rings. The van der Waals surface area contributed by atoms with Gasteiger partial charge in [-0.1, -0.05) is 18.2 Å². The van der Waals surface area contributed by atoms with Gasteiger partial charge in [-0.3, -0.25) is 0 Å².